The Kier molecular flexibility index (Phi) is 3.75. The van der Waals surface area contributed by atoms with E-state index in [0.29, 0.717) is 11.4 Å². The van der Waals surface area contributed by atoms with Crippen LogP contribution in [0.1, 0.15) is 0 Å². The molecule has 6 nitrogen and oxygen atoms in total. The van der Waals surface area contributed by atoms with Crippen molar-refractivity contribution < 1.29 is 17.5 Å². The molecule has 20 heavy (non-hydrogen) atoms. The van der Waals surface area contributed by atoms with Crippen molar-refractivity contribution in [3.8, 4) is 5.75 Å². The van der Waals surface area contributed by atoms with Crippen LogP contribution in [0.3, 0.4) is 0 Å². The van der Waals surface area contributed by atoms with Crippen molar-refractivity contribution in [2.75, 3.05) is 17.6 Å². The molecule has 0 amide bonds. The van der Waals surface area contributed by atoms with Crippen LogP contribution in [0.4, 0.5) is 15.8 Å². The summed E-state index contributed by atoms with van der Waals surface area (Å²) in [4.78, 5) is 3.23. The van der Waals surface area contributed by atoms with Crippen LogP contribution >= 0.6 is 0 Å². The predicted molar refractivity (Wildman–Crippen MR) is 72.4 cm³/mol. The van der Waals surface area contributed by atoms with Crippen LogP contribution in [0, 0.1) is 5.82 Å². The number of sulfonamides is 1. The van der Waals surface area contributed by atoms with E-state index in [1.807, 2.05) is 0 Å². The molecule has 0 aliphatic rings. The molecule has 0 radical (unpaired) electrons. The van der Waals surface area contributed by atoms with Gasteiger partial charge in [0.05, 0.1) is 24.7 Å². The Hall–Kier alpha value is -2.35. The lowest BCUT2D eigenvalue weighted by atomic mass is 10.3. The van der Waals surface area contributed by atoms with Crippen molar-refractivity contribution >= 4 is 21.4 Å². The summed E-state index contributed by atoms with van der Waals surface area (Å²) in [6.45, 7) is 0. The van der Waals surface area contributed by atoms with Crippen LogP contribution in [-0.2, 0) is 10.0 Å². The maximum Gasteiger partial charge on any atom is 0.263 e. The molecule has 0 aliphatic heterocycles. The minimum absolute atomic E-state index is 0.250. The van der Waals surface area contributed by atoms with Gasteiger partial charge in [0.1, 0.15) is 16.5 Å². The van der Waals surface area contributed by atoms with E-state index in [4.69, 9.17) is 10.5 Å². The number of ether oxygens (including phenoxy) is 1. The lowest BCUT2D eigenvalue weighted by Crippen LogP contribution is -2.13. The van der Waals surface area contributed by atoms with Gasteiger partial charge >= 0.3 is 0 Å². The van der Waals surface area contributed by atoms with Gasteiger partial charge in [0, 0.05) is 12.3 Å². The molecule has 106 valence electrons. The highest BCUT2D eigenvalue weighted by Crippen LogP contribution is 2.26. The fourth-order valence-electron chi connectivity index (χ4n) is 1.53. The number of hydrogen-bond acceptors (Lipinski definition) is 5. The summed E-state index contributed by atoms with van der Waals surface area (Å²) in [6.07, 6.45) is 1.98. The molecule has 0 bridgehead atoms. The molecule has 0 saturated heterocycles. The third-order valence-electron chi connectivity index (χ3n) is 2.48. The van der Waals surface area contributed by atoms with Crippen LogP contribution in [0.25, 0.3) is 0 Å². The number of nitrogens with zero attached hydrogens (tertiary/aromatic N) is 1. The largest absolute Gasteiger partial charge is 0.495 e. The van der Waals surface area contributed by atoms with Crippen LogP contribution in [0.2, 0.25) is 0 Å². The quantitative estimate of drug-likeness (QED) is 0.836. The van der Waals surface area contributed by atoms with Gasteiger partial charge in [0.25, 0.3) is 10.0 Å². The van der Waals surface area contributed by atoms with Crippen molar-refractivity contribution in [3.05, 3.63) is 42.5 Å². The van der Waals surface area contributed by atoms with Crippen LogP contribution in [0.15, 0.2) is 41.6 Å². The Bertz CT molecular complexity index is 734. The van der Waals surface area contributed by atoms with Gasteiger partial charge in [-0.2, -0.15) is 0 Å². The highest BCUT2D eigenvalue weighted by Gasteiger charge is 2.16. The van der Waals surface area contributed by atoms with E-state index >= 15 is 0 Å². The number of benzene rings is 1. The highest BCUT2D eigenvalue weighted by molar-refractivity contribution is 7.92. The normalized spacial score (nSPS) is 11.1. The number of methoxy groups -OCH3 is 1. The van der Waals surface area contributed by atoms with Gasteiger partial charge in [-0.05, 0) is 18.2 Å². The summed E-state index contributed by atoms with van der Waals surface area (Å²) in [5.41, 5.74) is 6.26. The summed E-state index contributed by atoms with van der Waals surface area (Å²) in [6, 6.07) is 5.28. The van der Waals surface area contributed by atoms with Gasteiger partial charge in [0.2, 0.25) is 0 Å². The Morgan fingerprint density at radius 1 is 1.30 bits per heavy atom. The Morgan fingerprint density at radius 2 is 2.05 bits per heavy atom. The number of aromatic nitrogens is 1. The van der Waals surface area contributed by atoms with Crippen LogP contribution in [0.5, 0.6) is 5.75 Å². The number of pyridine rings is 1. The first-order valence-electron chi connectivity index (χ1n) is 5.49. The molecule has 3 N–H and O–H groups in total. The van der Waals surface area contributed by atoms with Gasteiger partial charge in [-0.1, -0.05) is 0 Å². The maximum absolute atomic E-state index is 13.0. The molecule has 1 aromatic heterocycles. The molecule has 0 fully saturated rings. The lowest BCUT2D eigenvalue weighted by Gasteiger charge is -2.10. The number of rotatable bonds is 4. The lowest BCUT2D eigenvalue weighted by molar-refractivity contribution is 0.417. The molecular weight excluding hydrogens is 285 g/mol. The zero-order valence-corrected chi connectivity index (χ0v) is 11.3. The average Bonchev–Trinajstić information content (AvgIpc) is 2.40. The van der Waals surface area contributed by atoms with Crippen molar-refractivity contribution in [2.45, 2.75) is 4.90 Å². The van der Waals surface area contributed by atoms with Gasteiger partial charge in [-0.15, -0.1) is 0 Å². The van der Waals surface area contributed by atoms with E-state index in [9.17, 15) is 12.8 Å². The number of nitrogens with two attached hydrogens (primary N) is 1. The first-order valence-corrected chi connectivity index (χ1v) is 6.97. The third-order valence-corrected chi connectivity index (χ3v) is 3.82. The van der Waals surface area contributed by atoms with Crippen molar-refractivity contribution in [1.29, 1.82) is 0 Å². The monoisotopic (exact) mass is 297 g/mol. The number of anilines is 2. The van der Waals surface area contributed by atoms with Gasteiger partial charge in [-0.25, -0.2) is 12.8 Å². The Labute approximate surface area is 115 Å². The van der Waals surface area contributed by atoms with Gasteiger partial charge in [-0.3, -0.25) is 9.71 Å². The van der Waals surface area contributed by atoms with Crippen LogP contribution < -0.4 is 15.2 Å². The van der Waals surface area contributed by atoms with Crippen molar-refractivity contribution in [1.82, 2.24) is 4.98 Å². The number of nitrogen functional groups attached to an aromatic ring is 1. The summed E-state index contributed by atoms with van der Waals surface area (Å²) < 4.78 is 44.4. The first kappa shape index (κ1) is 14.1. The molecule has 0 spiro atoms. The summed E-state index contributed by atoms with van der Waals surface area (Å²) in [5, 5.41) is 0. The number of hydrogen-bond donors (Lipinski definition) is 2. The fourth-order valence-corrected chi connectivity index (χ4v) is 2.55. The Morgan fingerprint density at radius 3 is 2.70 bits per heavy atom. The standard InChI is InChI=1S/C12H12FN3O3S/c1-19-12-5-9(2-3-11(12)14)16-20(17,18)10-4-8(13)6-15-7-10/h2-7,16H,14H2,1H3. The first-order chi connectivity index (χ1) is 9.42. The number of halogens is 1. The molecule has 1 heterocycles. The van der Waals surface area contributed by atoms with E-state index in [1.165, 1.54) is 25.3 Å². The third kappa shape index (κ3) is 2.97. The van der Waals surface area contributed by atoms with E-state index in [0.717, 1.165) is 18.5 Å². The van der Waals surface area contributed by atoms with Crippen molar-refractivity contribution in [2.24, 2.45) is 0 Å². The zero-order chi connectivity index (χ0) is 14.8. The molecule has 2 aromatic rings. The van der Waals surface area contributed by atoms with Crippen LogP contribution in [-0.4, -0.2) is 20.5 Å². The average molecular weight is 297 g/mol. The minimum Gasteiger partial charge on any atom is -0.495 e. The summed E-state index contributed by atoms with van der Waals surface area (Å²) >= 11 is 0. The van der Waals surface area contributed by atoms with Gasteiger partial charge < -0.3 is 10.5 Å². The molecule has 0 unspecified atom stereocenters. The molecule has 8 heteroatoms. The van der Waals surface area contributed by atoms with E-state index in [-0.39, 0.29) is 10.6 Å². The Balaban J connectivity index is 2.33. The van der Waals surface area contributed by atoms with Gasteiger partial charge in [0.15, 0.2) is 0 Å². The van der Waals surface area contributed by atoms with E-state index in [1.54, 1.807) is 0 Å². The molecule has 1 aromatic carbocycles. The summed E-state index contributed by atoms with van der Waals surface area (Å²) in [5.74, 6) is -0.398. The summed E-state index contributed by atoms with van der Waals surface area (Å²) in [7, 11) is -2.51. The predicted octanol–water partition coefficient (Wildman–Crippen LogP) is 1.61. The molecular formula is C12H12FN3O3S. The SMILES string of the molecule is COc1cc(NS(=O)(=O)c2cncc(F)c2)ccc1N. The van der Waals surface area contributed by atoms with E-state index < -0.39 is 15.8 Å². The second-order valence-corrected chi connectivity index (χ2v) is 5.58. The molecule has 2 rings (SSSR count). The topological polar surface area (TPSA) is 94.3 Å². The molecule has 0 aliphatic carbocycles. The maximum atomic E-state index is 13.0. The minimum atomic E-state index is -3.92. The molecule has 0 saturated carbocycles. The number of nitrogens with one attached hydrogen (secondary N) is 1. The highest BCUT2D eigenvalue weighted by atomic mass is 32.2. The zero-order valence-electron chi connectivity index (χ0n) is 10.5. The second-order valence-electron chi connectivity index (χ2n) is 3.90. The smallest absolute Gasteiger partial charge is 0.263 e. The molecule has 0 atom stereocenters. The fraction of sp³-hybridized carbons (Fsp3) is 0.0833. The second kappa shape index (κ2) is 5.33. The van der Waals surface area contributed by atoms with E-state index in [2.05, 4.69) is 9.71 Å². The van der Waals surface area contributed by atoms with Crippen molar-refractivity contribution in [3.63, 3.8) is 0 Å².